The molecule has 1 saturated heterocycles. The van der Waals surface area contributed by atoms with Gasteiger partial charge in [0.15, 0.2) is 0 Å². The Hall–Kier alpha value is -3.30. The molecule has 6 rings (SSSR count). The van der Waals surface area contributed by atoms with Crippen molar-refractivity contribution in [3.8, 4) is 0 Å². The molecule has 0 bridgehead atoms. The van der Waals surface area contributed by atoms with E-state index in [9.17, 15) is 4.79 Å². The highest BCUT2D eigenvalue weighted by Crippen LogP contribution is 2.31. The molecule has 0 spiro atoms. The van der Waals surface area contributed by atoms with E-state index in [4.69, 9.17) is 4.98 Å². The number of pyridine rings is 1. The van der Waals surface area contributed by atoms with Gasteiger partial charge in [-0.1, -0.05) is 12.8 Å². The summed E-state index contributed by atoms with van der Waals surface area (Å²) >= 11 is 1.58. The second-order valence-electron chi connectivity index (χ2n) is 9.27. The number of fused-ring (bicyclic) bond motifs is 1. The van der Waals surface area contributed by atoms with Gasteiger partial charge in [-0.05, 0) is 43.2 Å². The Balaban J connectivity index is 1.32. The number of hydrogen-bond donors (Lipinski definition) is 2. The van der Waals surface area contributed by atoms with Gasteiger partial charge in [0, 0.05) is 78.7 Å². The molecule has 4 aromatic rings. The van der Waals surface area contributed by atoms with Gasteiger partial charge in [-0.2, -0.15) is 4.98 Å². The minimum Gasteiger partial charge on any atom is -0.369 e. The summed E-state index contributed by atoms with van der Waals surface area (Å²) in [5.74, 6) is 0.506. The lowest BCUT2D eigenvalue weighted by Crippen LogP contribution is -2.43. The lowest BCUT2D eigenvalue weighted by molar-refractivity contribution is 0.513. The Morgan fingerprint density at radius 3 is 2.63 bits per heavy atom. The zero-order valence-electron chi connectivity index (χ0n) is 19.6. The van der Waals surface area contributed by atoms with Crippen molar-refractivity contribution in [2.24, 2.45) is 0 Å². The Kier molecular flexibility index (Phi) is 6.18. The summed E-state index contributed by atoms with van der Waals surface area (Å²) in [5, 5.41) is 10.5. The molecule has 0 unspecified atom stereocenters. The largest absolute Gasteiger partial charge is 0.369 e. The minimum absolute atomic E-state index is 0.0459. The summed E-state index contributed by atoms with van der Waals surface area (Å²) in [4.78, 5) is 29.8. The SMILES string of the molecule is O=c1c(Cc2nccs2)cc2cnc(Nc3ccc(N4CCNCC4)cc3)nc2n1C1CCCC1. The van der Waals surface area contributed by atoms with Crippen LogP contribution in [-0.4, -0.2) is 45.7 Å². The Labute approximate surface area is 208 Å². The van der Waals surface area contributed by atoms with E-state index in [0.717, 1.165) is 73.5 Å². The smallest absolute Gasteiger partial charge is 0.256 e. The third-order valence-electron chi connectivity index (χ3n) is 6.97. The average molecular weight is 488 g/mol. The first-order valence-electron chi connectivity index (χ1n) is 12.4. The molecule has 180 valence electrons. The van der Waals surface area contributed by atoms with Gasteiger partial charge in [0.05, 0.1) is 5.01 Å². The summed E-state index contributed by atoms with van der Waals surface area (Å²) in [6, 6.07) is 10.5. The predicted molar refractivity (Wildman–Crippen MR) is 141 cm³/mol. The first-order valence-corrected chi connectivity index (χ1v) is 13.2. The van der Waals surface area contributed by atoms with Crippen LogP contribution >= 0.6 is 11.3 Å². The van der Waals surface area contributed by atoms with Crippen LogP contribution in [0.15, 0.2) is 52.9 Å². The van der Waals surface area contributed by atoms with Gasteiger partial charge in [0.25, 0.3) is 5.56 Å². The number of nitrogens with zero attached hydrogens (tertiary/aromatic N) is 5. The number of nitrogens with one attached hydrogen (secondary N) is 2. The molecule has 9 heteroatoms. The van der Waals surface area contributed by atoms with Crippen LogP contribution in [0.1, 0.15) is 42.3 Å². The normalized spacial score (nSPS) is 16.7. The lowest BCUT2D eigenvalue weighted by atomic mass is 10.1. The third kappa shape index (κ3) is 4.66. The van der Waals surface area contributed by atoms with Crippen molar-refractivity contribution in [3.63, 3.8) is 0 Å². The maximum Gasteiger partial charge on any atom is 0.256 e. The first kappa shape index (κ1) is 22.2. The molecule has 4 heterocycles. The topological polar surface area (TPSA) is 88.0 Å². The fraction of sp³-hybridized carbons (Fsp3) is 0.385. The maximum absolute atomic E-state index is 13.6. The van der Waals surface area contributed by atoms with E-state index in [1.165, 1.54) is 5.69 Å². The van der Waals surface area contributed by atoms with Gasteiger partial charge in [0.2, 0.25) is 5.95 Å². The Bertz CT molecular complexity index is 1360. The van der Waals surface area contributed by atoms with Crippen LogP contribution in [0.5, 0.6) is 0 Å². The monoisotopic (exact) mass is 487 g/mol. The van der Waals surface area contributed by atoms with Crippen LogP contribution in [0.25, 0.3) is 11.0 Å². The van der Waals surface area contributed by atoms with Crippen molar-refractivity contribution in [1.82, 2.24) is 24.8 Å². The van der Waals surface area contributed by atoms with Crippen LogP contribution in [0.3, 0.4) is 0 Å². The number of hydrogen-bond acceptors (Lipinski definition) is 8. The fourth-order valence-corrected chi connectivity index (χ4v) is 5.82. The van der Waals surface area contributed by atoms with Crippen LogP contribution < -0.4 is 21.1 Å². The number of piperazine rings is 1. The zero-order chi connectivity index (χ0) is 23.6. The van der Waals surface area contributed by atoms with E-state index >= 15 is 0 Å². The van der Waals surface area contributed by atoms with Crippen molar-refractivity contribution in [2.75, 3.05) is 36.4 Å². The van der Waals surface area contributed by atoms with Crippen molar-refractivity contribution < 1.29 is 0 Å². The van der Waals surface area contributed by atoms with Gasteiger partial charge in [0.1, 0.15) is 5.65 Å². The van der Waals surface area contributed by atoms with Crippen molar-refractivity contribution in [2.45, 2.75) is 38.1 Å². The van der Waals surface area contributed by atoms with Gasteiger partial charge in [-0.3, -0.25) is 9.36 Å². The van der Waals surface area contributed by atoms with E-state index in [-0.39, 0.29) is 11.6 Å². The summed E-state index contributed by atoms with van der Waals surface area (Å²) in [6.45, 7) is 4.06. The highest BCUT2D eigenvalue weighted by Gasteiger charge is 2.23. The molecular weight excluding hydrogens is 458 g/mol. The molecule has 0 atom stereocenters. The fourth-order valence-electron chi connectivity index (χ4n) is 5.18. The minimum atomic E-state index is 0.0459. The van der Waals surface area contributed by atoms with Gasteiger partial charge in [-0.25, -0.2) is 9.97 Å². The average Bonchev–Trinajstić information content (AvgIpc) is 3.61. The second kappa shape index (κ2) is 9.75. The molecule has 1 aromatic carbocycles. The molecule has 35 heavy (non-hydrogen) atoms. The molecule has 0 amide bonds. The van der Waals surface area contributed by atoms with Crippen LogP contribution in [0, 0.1) is 0 Å². The number of benzene rings is 1. The number of aromatic nitrogens is 4. The number of rotatable bonds is 6. The first-order chi connectivity index (χ1) is 17.2. The van der Waals surface area contributed by atoms with E-state index in [1.54, 1.807) is 17.5 Å². The molecule has 1 saturated carbocycles. The molecule has 2 N–H and O–H groups in total. The number of anilines is 3. The Morgan fingerprint density at radius 2 is 1.89 bits per heavy atom. The molecule has 2 fully saturated rings. The van der Waals surface area contributed by atoms with Crippen molar-refractivity contribution in [1.29, 1.82) is 0 Å². The summed E-state index contributed by atoms with van der Waals surface area (Å²) in [5.41, 5.74) is 3.66. The number of thiazole rings is 1. The van der Waals surface area contributed by atoms with Crippen molar-refractivity contribution >= 4 is 39.7 Å². The van der Waals surface area contributed by atoms with Gasteiger partial charge in [-0.15, -0.1) is 11.3 Å². The molecule has 3 aromatic heterocycles. The highest BCUT2D eigenvalue weighted by molar-refractivity contribution is 7.09. The van der Waals surface area contributed by atoms with Crippen LogP contribution in [-0.2, 0) is 6.42 Å². The van der Waals surface area contributed by atoms with E-state index in [1.807, 2.05) is 22.2 Å². The zero-order valence-corrected chi connectivity index (χ0v) is 20.4. The summed E-state index contributed by atoms with van der Waals surface area (Å²) in [7, 11) is 0. The molecule has 2 aliphatic rings. The molecule has 1 aliphatic heterocycles. The second-order valence-corrected chi connectivity index (χ2v) is 10.2. The van der Waals surface area contributed by atoms with Crippen molar-refractivity contribution in [3.05, 3.63) is 69.0 Å². The quantitative estimate of drug-likeness (QED) is 0.423. The maximum atomic E-state index is 13.6. The van der Waals surface area contributed by atoms with Gasteiger partial charge >= 0.3 is 0 Å². The molecule has 0 radical (unpaired) electrons. The summed E-state index contributed by atoms with van der Waals surface area (Å²) < 4.78 is 1.92. The molecule has 1 aliphatic carbocycles. The van der Waals surface area contributed by atoms with E-state index < -0.39 is 0 Å². The Morgan fingerprint density at radius 1 is 1.09 bits per heavy atom. The van der Waals surface area contributed by atoms with Crippen LogP contribution in [0.4, 0.5) is 17.3 Å². The van der Waals surface area contributed by atoms with E-state index in [0.29, 0.717) is 18.0 Å². The predicted octanol–water partition coefficient (Wildman–Crippen LogP) is 4.11. The highest BCUT2D eigenvalue weighted by atomic mass is 32.1. The summed E-state index contributed by atoms with van der Waals surface area (Å²) in [6.07, 6.45) is 8.46. The third-order valence-corrected chi connectivity index (χ3v) is 7.75. The van der Waals surface area contributed by atoms with Crippen LogP contribution in [0.2, 0.25) is 0 Å². The lowest BCUT2D eigenvalue weighted by Gasteiger charge is -2.29. The molecule has 8 nitrogen and oxygen atoms in total. The van der Waals surface area contributed by atoms with Gasteiger partial charge < -0.3 is 15.5 Å². The van der Waals surface area contributed by atoms with E-state index in [2.05, 4.69) is 49.8 Å². The standard InChI is InChI=1S/C26H29N7OS/c34-25-18(16-23-28-11-14-35-23)15-19-17-29-26(31-24(19)33(25)22-3-1-2-4-22)30-20-5-7-21(8-6-20)32-12-9-27-10-13-32/h5-8,11,14-15,17,22,27H,1-4,9-10,12-13,16H2,(H,29,30,31). The molecular formula is C26H29N7OS.